The Morgan fingerprint density at radius 1 is 1.32 bits per heavy atom. The number of carboxylic acids is 2. The van der Waals surface area contributed by atoms with E-state index in [2.05, 4.69) is 0 Å². The summed E-state index contributed by atoms with van der Waals surface area (Å²) in [6.45, 7) is 0. The van der Waals surface area contributed by atoms with E-state index < -0.39 is 17.9 Å². The van der Waals surface area contributed by atoms with Gasteiger partial charge in [-0.05, 0) is 49.0 Å². The Morgan fingerprint density at radius 3 is 2.63 bits per heavy atom. The van der Waals surface area contributed by atoms with Crippen LogP contribution in [0.5, 0.6) is 0 Å². The fourth-order valence-corrected chi connectivity index (χ4v) is 2.36. The maximum atomic E-state index is 11.2. The Balaban J connectivity index is 2.70. The fourth-order valence-electron chi connectivity index (χ4n) is 1.90. The lowest BCUT2D eigenvalue weighted by Crippen LogP contribution is -2.17. The maximum absolute atomic E-state index is 11.2. The molecule has 5 heteroatoms. The smallest absolute Gasteiger partial charge is 0.335 e. The minimum atomic E-state index is -0.990. The molecule has 1 atom stereocenters. The van der Waals surface area contributed by atoms with Crippen molar-refractivity contribution in [2.24, 2.45) is 5.92 Å². The minimum absolute atomic E-state index is 0.200. The highest BCUT2D eigenvalue weighted by Crippen LogP contribution is 2.17. The number of carbonyl (C=O) groups is 2. The second kappa shape index (κ2) is 7.84. The number of hydrogen-bond acceptors (Lipinski definition) is 3. The van der Waals surface area contributed by atoms with Gasteiger partial charge in [0.25, 0.3) is 0 Å². The molecule has 0 aliphatic rings. The zero-order valence-corrected chi connectivity index (χ0v) is 11.7. The van der Waals surface area contributed by atoms with Crippen LogP contribution in [0.15, 0.2) is 24.3 Å². The molecular weight excluding hydrogens is 264 g/mol. The van der Waals surface area contributed by atoms with Gasteiger partial charge in [0, 0.05) is 0 Å². The molecule has 1 rings (SSSR count). The highest BCUT2D eigenvalue weighted by molar-refractivity contribution is 7.98. The summed E-state index contributed by atoms with van der Waals surface area (Å²) < 4.78 is 0. The molecule has 0 bridgehead atoms. The summed E-state index contributed by atoms with van der Waals surface area (Å²) >= 11 is 1.70. The van der Waals surface area contributed by atoms with E-state index in [4.69, 9.17) is 5.11 Å². The predicted octanol–water partition coefficient (Wildman–Crippen LogP) is 2.77. The van der Waals surface area contributed by atoms with Crippen LogP contribution in [0.2, 0.25) is 0 Å². The molecule has 0 fully saturated rings. The first-order chi connectivity index (χ1) is 9.04. The Kier molecular flexibility index (Phi) is 6.42. The molecule has 0 saturated carbocycles. The Bertz CT molecular complexity index is 445. The van der Waals surface area contributed by atoms with Crippen LogP contribution in [-0.2, 0) is 11.2 Å². The molecule has 0 aliphatic heterocycles. The molecule has 0 heterocycles. The van der Waals surface area contributed by atoms with Gasteiger partial charge < -0.3 is 10.2 Å². The first-order valence-corrected chi connectivity index (χ1v) is 7.48. The standard InChI is InChI=1S/C14H18O4S/c1-19-7-3-6-12(14(17)18)9-10-4-2-5-11(8-10)13(15)16/h2,4-5,8,12H,3,6-7,9H2,1H3,(H,15,16)(H,17,18)/t12-/m1/s1. The van der Waals surface area contributed by atoms with Crippen molar-refractivity contribution >= 4 is 23.7 Å². The molecule has 104 valence electrons. The first kappa shape index (κ1) is 15.6. The fraction of sp³-hybridized carbons (Fsp3) is 0.429. The van der Waals surface area contributed by atoms with E-state index in [1.165, 1.54) is 6.07 Å². The van der Waals surface area contributed by atoms with Crippen LogP contribution in [0.25, 0.3) is 0 Å². The van der Waals surface area contributed by atoms with Crippen molar-refractivity contribution < 1.29 is 19.8 Å². The molecule has 1 aromatic carbocycles. The quantitative estimate of drug-likeness (QED) is 0.717. The lowest BCUT2D eigenvalue weighted by Gasteiger charge is -2.12. The normalized spacial score (nSPS) is 12.1. The minimum Gasteiger partial charge on any atom is -0.481 e. The Hall–Kier alpha value is -1.49. The third-order valence-electron chi connectivity index (χ3n) is 2.91. The van der Waals surface area contributed by atoms with Gasteiger partial charge >= 0.3 is 11.9 Å². The first-order valence-electron chi connectivity index (χ1n) is 6.08. The summed E-state index contributed by atoms with van der Waals surface area (Å²) in [5.41, 5.74) is 0.960. The van der Waals surface area contributed by atoms with E-state index in [-0.39, 0.29) is 5.56 Å². The van der Waals surface area contributed by atoms with Crippen LogP contribution in [-0.4, -0.2) is 34.2 Å². The van der Waals surface area contributed by atoms with Crippen LogP contribution in [0.1, 0.15) is 28.8 Å². The average molecular weight is 282 g/mol. The lowest BCUT2D eigenvalue weighted by molar-refractivity contribution is -0.141. The van der Waals surface area contributed by atoms with E-state index in [9.17, 15) is 14.7 Å². The van der Waals surface area contributed by atoms with Gasteiger partial charge in [-0.15, -0.1) is 0 Å². The summed E-state index contributed by atoms with van der Waals surface area (Å²) in [6, 6.07) is 6.48. The van der Waals surface area contributed by atoms with E-state index in [0.29, 0.717) is 12.8 Å². The molecule has 2 N–H and O–H groups in total. The van der Waals surface area contributed by atoms with Gasteiger partial charge in [0.2, 0.25) is 0 Å². The van der Waals surface area contributed by atoms with Crippen molar-refractivity contribution in [3.05, 3.63) is 35.4 Å². The topological polar surface area (TPSA) is 74.6 Å². The van der Waals surface area contributed by atoms with Gasteiger partial charge in [-0.1, -0.05) is 12.1 Å². The molecule has 0 amide bonds. The molecule has 0 radical (unpaired) electrons. The van der Waals surface area contributed by atoms with Crippen LogP contribution in [0.3, 0.4) is 0 Å². The van der Waals surface area contributed by atoms with Gasteiger partial charge in [0.05, 0.1) is 11.5 Å². The van der Waals surface area contributed by atoms with Crippen molar-refractivity contribution in [1.29, 1.82) is 0 Å². The molecule has 0 unspecified atom stereocenters. The molecular formula is C14H18O4S. The molecule has 0 saturated heterocycles. The van der Waals surface area contributed by atoms with Gasteiger partial charge in [-0.3, -0.25) is 4.79 Å². The van der Waals surface area contributed by atoms with Crippen LogP contribution >= 0.6 is 11.8 Å². The van der Waals surface area contributed by atoms with Gasteiger partial charge in [-0.25, -0.2) is 4.79 Å². The summed E-state index contributed by atoms with van der Waals surface area (Å²) in [6.07, 6.45) is 3.85. The SMILES string of the molecule is CSCCC[C@H](Cc1cccc(C(=O)O)c1)C(=O)O. The zero-order chi connectivity index (χ0) is 14.3. The van der Waals surface area contributed by atoms with Crippen molar-refractivity contribution in [3.63, 3.8) is 0 Å². The zero-order valence-electron chi connectivity index (χ0n) is 10.8. The second-order valence-electron chi connectivity index (χ2n) is 4.38. The summed E-state index contributed by atoms with van der Waals surface area (Å²) in [5.74, 6) is -1.31. The largest absolute Gasteiger partial charge is 0.481 e. The maximum Gasteiger partial charge on any atom is 0.335 e. The predicted molar refractivity (Wildman–Crippen MR) is 75.8 cm³/mol. The third-order valence-corrected chi connectivity index (χ3v) is 3.60. The van der Waals surface area contributed by atoms with E-state index in [0.717, 1.165) is 17.7 Å². The highest BCUT2D eigenvalue weighted by atomic mass is 32.2. The van der Waals surface area contributed by atoms with Gasteiger partial charge in [-0.2, -0.15) is 11.8 Å². The number of carboxylic acid groups (broad SMARTS) is 2. The van der Waals surface area contributed by atoms with Gasteiger partial charge in [0.1, 0.15) is 0 Å². The van der Waals surface area contributed by atoms with Crippen molar-refractivity contribution in [1.82, 2.24) is 0 Å². The molecule has 4 nitrogen and oxygen atoms in total. The van der Waals surface area contributed by atoms with E-state index >= 15 is 0 Å². The number of benzene rings is 1. The highest BCUT2D eigenvalue weighted by Gasteiger charge is 2.18. The van der Waals surface area contributed by atoms with E-state index in [1.54, 1.807) is 30.0 Å². The molecule has 0 aromatic heterocycles. The third kappa shape index (κ3) is 5.34. The number of rotatable bonds is 8. The van der Waals surface area contributed by atoms with Crippen molar-refractivity contribution in [2.45, 2.75) is 19.3 Å². The number of aliphatic carboxylic acids is 1. The average Bonchev–Trinajstić information content (AvgIpc) is 2.38. The number of aromatic carboxylic acids is 1. The van der Waals surface area contributed by atoms with Gasteiger partial charge in [0.15, 0.2) is 0 Å². The van der Waals surface area contributed by atoms with Crippen molar-refractivity contribution in [3.8, 4) is 0 Å². The van der Waals surface area contributed by atoms with Crippen LogP contribution < -0.4 is 0 Å². The molecule has 0 aliphatic carbocycles. The second-order valence-corrected chi connectivity index (χ2v) is 5.37. The lowest BCUT2D eigenvalue weighted by atomic mass is 9.94. The van der Waals surface area contributed by atoms with Crippen LogP contribution in [0, 0.1) is 5.92 Å². The summed E-state index contributed by atoms with van der Waals surface area (Å²) in [7, 11) is 0. The Morgan fingerprint density at radius 2 is 2.05 bits per heavy atom. The molecule has 1 aromatic rings. The number of hydrogen-bond donors (Lipinski definition) is 2. The molecule has 19 heavy (non-hydrogen) atoms. The summed E-state index contributed by atoms with van der Waals surface area (Å²) in [4.78, 5) is 22.1. The van der Waals surface area contributed by atoms with Crippen LogP contribution in [0.4, 0.5) is 0 Å². The number of thioether (sulfide) groups is 1. The summed E-state index contributed by atoms with van der Waals surface area (Å²) in [5, 5.41) is 18.1. The van der Waals surface area contributed by atoms with E-state index in [1.807, 2.05) is 6.26 Å². The molecule has 0 spiro atoms. The Labute approximate surface area is 116 Å². The van der Waals surface area contributed by atoms with Crippen molar-refractivity contribution in [2.75, 3.05) is 12.0 Å². The monoisotopic (exact) mass is 282 g/mol.